The molecule has 2 N–H and O–H groups in total. The molecular weight excluding hydrogens is 285 g/mol. The molecule has 0 unspecified atom stereocenters. The molecule has 2 aromatic carbocycles. The lowest BCUT2D eigenvalue weighted by atomic mass is 10.2. The van der Waals surface area contributed by atoms with Crippen molar-refractivity contribution in [3.05, 3.63) is 58.3 Å². The van der Waals surface area contributed by atoms with E-state index in [1.54, 1.807) is 12.1 Å². The lowest BCUT2D eigenvalue weighted by molar-refractivity contribution is 0.304. The van der Waals surface area contributed by atoms with Crippen molar-refractivity contribution in [3.8, 4) is 5.75 Å². The molecule has 0 bridgehead atoms. The maximum Gasteiger partial charge on any atom is 0.141 e. The van der Waals surface area contributed by atoms with E-state index in [9.17, 15) is 4.39 Å². The Kier molecular flexibility index (Phi) is 3.64. The van der Waals surface area contributed by atoms with E-state index >= 15 is 0 Å². The molecule has 0 saturated heterocycles. The summed E-state index contributed by atoms with van der Waals surface area (Å²) in [5.74, 6) is 0.156. The molecule has 0 heterocycles. The highest BCUT2D eigenvalue weighted by atomic mass is 79.9. The Morgan fingerprint density at radius 1 is 1.18 bits per heavy atom. The smallest absolute Gasteiger partial charge is 0.141 e. The number of halogens is 2. The van der Waals surface area contributed by atoms with Crippen LogP contribution in [0, 0.1) is 5.82 Å². The van der Waals surface area contributed by atoms with E-state index in [0.29, 0.717) is 22.5 Å². The van der Waals surface area contributed by atoms with Crippen molar-refractivity contribution in [1.82, 2.24) is 0 Å². The molecule has 0 saturated carbocycles. The Balaban J connectivity index is 2.05. The minimum absolute atomic E-state index is 0.338. The van der Waals surface area contributed by atoms with Gasteiger partial charge in [0.1, 0.15) is 18.2 Å². The van der Waals surface area contributed by atoms with Gasteiger partial charge in [-0.15, -0.1) is 0 Å². The van der Waals surface area contributed by atoms with Crippen LogP contribution in [0.2, 0.25) is 0 Å². The molecule has 0 amide bonds. The second-order valence-electron chi connectivity index (χ2n) is 3.61. The average Bonchev–Trinajstić information content (AvgIpc) is 2.31. The maximum atomic E-state index is 13.2. The fraction of sp³-hybridized carbons (Fsp3) is 0.0769. The third-order valence-corrected chi connectivity index (χ3v) is 2.89. The van der Waals surface area contributed by atoms with Crippen molar-refractivity contribution in [1.29, 1.82) is 0 Å². The molecule has 17 heavy (non-hydrogen) atoms. The van der Waals surface area contributed by atoms with Gasteiger partial charge >= 0.3 is 0 Å². The predicted octanol–water partition coefficient (Wildman–Crippen LogP) is 3.75. The van der Waals surface area contributed by atoms with E-state index in [2.05, 4.69) is 15.9 Å². The summed E-state index contributed by atoms with van der Waals surface area (Å²) in [4.78, 5) is 0. The zero-order valence-corrected chi connectivity index (χ0v) is 10.6. The Labute approximate surface area is 107 Å². The van der Waals surface area contributed by atoms with E-state index in [0.717, 1.165) is 5.56 Å². The highest BCUT2D eigenvalue weighted by Gasteiger charge is 2.02. The van der Waals surface area contributed by atoms with Crippen LogP contribution < -0.4 is 10.5 Å². The molecule has 2 nitrogen and oxygen atoms in total. The Bertz CT molecular complexity index is 531. The van der Waals surface area contributed by atoms with Crippen LogP contribution in [0.3, 0.4) is 0 Å². The van der Waals surface area contributed by atoms with E-state index in [1.165, 1.54) is 6.07 Å². The number of hydrogen-bond acceptors (Lipinski definition) is 2. The molecule has 2 rings (SSSR count). The molecule has 0 atom stereocenters. The van der Waals surface area contributed by atoms with Crippen molar-refractivity contribution in [2.45, 2.75) is 6.61 Å². The van der Waals surface area contributed by atoms with Gasteiger partial charge in [0.15, 0.2) is 0 Å². The quantitative estimate of drug-likeness (QED) is 0.875. The van der Waals surface area contributed by atoms with Crippen LogP contribution in [0.4, 0.5) is 10.1 Å². The van der Waals surface area contributed by atoms with Crippen LogP contribution >= 0.6 is 15.9 Å². The topological polar surface area (TPSA) is 35.2 Å². The summed E-state index contributed by atoms with van der Waals surface area (Å²) in [5.41, 5.74) is 7.29. The van der Waals surface area contributed by atoms with E-state index in [1.807, 2.05) is 24.3 Å². The molecule has 4 heteroatoms. The number of nitrogens with two attached hydrogens (primary N) is 1. The Morgan fingerprint density at radius 3 is 2.71 bits per heavy atom. The van der Waals surface area contributed by atoms with Gasteiger partial charge < -0.3 is 10.5 Å². The molecule has 0 aliphatic carbocycles. The van der Waals surface area contributed by atoms with Gasteiger partial charge in [-0.05, 0) is 45.8 Å². The first-order valence-electron chi connectivity index (χ1n) is 5.07. The molecular formula is C13H11BrFNO. The second kappa shape index (κ2) is 5.19. The number of hydrogen-bond donors (Lipinski definition) is 1. The minimum atomic E-state index is -0.338. The molecule has 0 radical (unpaired) electrons. The van der Waals surface area contributed by atoms with Gasteiger partial charge in [-0.25, -0.2) is 4.39 Å². The molecule has 0 fully saturated rings. The van der Waals surface area contributed by atoms with Crippen LogP contribution in [0.5, 0.6) is 5.75 Å². The largest absolute Gasteiger partial charge is 0.489 e. The highest BCUT2D eigenvalue weighted by molar-refractivity contribution is 9.10. The van der Waals surface area contributed by atoms with Gasteiger partial charge in [0, 0.05) is 11.8 Å². The maximum absolute atomic E-state index is 13.2. The molecule has 2 aromatic rings. The number of rotatable bonds is 3. The second-order valence-corrected chi connectivity index (χ2v) is 4.46. The van der Waals surface area contributed by atoms with Gasteiger partial charge in [0.2, 0.25) is 0 Å². The van der Waals surface area contributed by atoms with Gasteiger partial charge in [0.05, 0.1) is 4.47 Å². The van der Waals surface area contributed by atoms with Crippen LogP contribution in [-0.2, 0) is 6.61 Å². The third kappa shape index (κ3) is 3.20. The van der Waals surface area contributed by atoms with Crippen LogP contribution in [-0.4, -0.2) is 0 Å². The van der Waals surface area contributed by atoms with Crippen LogP contribution in [0.15, 0.2) is 46.9 Å². The molecule has 0 aliphatic rings. The van der Waals surface area contributed by atoms with Crippen molar-refractivity contribution in [3.63, 3.8) is 0 Å². The SMILES string of the molecule is Nc1cccc(COc2ccc(Br)c(F)c2)c1. The minimum Gasteiger partial charge on any atom is -0.489 e. The van der Waals surface area contributed by atoms with Crippen molar-refractivity contribution >= 4 is 21.6 Å². The first kappa shape index (κ1) is 11.9. The molecule has 88 valence electrons. The monoisotopic (exact) mass is 295 g/mol. The van der Waals surface area contributed by atoms with Gasteiger partial charge in [-0.3, -0.25) is 0 Å². The number of benzene rings is 2. The summed E-state index contributed by atoms with van der Waals surface area (Å²) in [5, 5.41) is 0. The first-order valence-corrected chi connectivity index (χ1v) is 5.87. The van der Waals surface area contributed by atoms with Gasteiger partial charge in [-0.1, -0.05) is 12.1 Å². The number of anilines is 1. The Morgan fingerprint density at radius 2 is 2.00 bits per heavy atom. The standard InChI is InChI=1S/C13H11BrFNO/c14-12-5-4-11(7-13(12)15)17-8-9-2-1-3-10(16)6-9/h1-7H,8,16H2. The predicted molar refractivity (Wildman–Crippen MR) is 69.3 cm³/mol. The summed E-state index contributed by atoms with van der Waals surface area (Å²) in [6, 6.07) is 12.1. The van der Waals surface area contributed by atoms with Crippen LogP contribution in [0.25, 0.3) is 0 Å². The number of ether oxygens (including phenoxy) is 1. The summed E-state index contributed by atoms with van der Waals surface area (Å²) < 4.78 is 19.1. The first-order chi connectivity index (χ1) is 8.15. The van der Waals surface area contributed by atoms with Crippen molar-refractivity contribution in [2.24, 2.45) is 0 Å². The van der Waals surface area contributed by atoms with Gasteiger partial charge in [0.25, 0.3) is 0 Å². The summed E-state index contributed by atoms with van der Waals surface area (Å²) in [6.07, 6.45) is 0. The molecule has 0 spiro atoms. The van der Waals surface area contributed by atoms with Crippen LogP contribution in [0.1, 0.15) is 5.56 Å². The fourth-order valence-electron chi connectivity index (χ4n) is 1.42. The summed E-state index contributed by atoms with van der Waals surface area (Å²) in [6.45, 7) is 0.367. The van der Waals surface area contributed by atoms with Crippen molar-refractivity contribution < 1.29 is 9.13 Å². The van der Waals surface area contributed by atoms with E-state index in [4.69, 9.17) is 10.5 Å². The number of nitrogen functional groups attached to an aromatic ring is 1. The molecule has 0 aliphatic heterocycles. The zero-order chi connectivity index (χ0) is 12.3. The zero-order valence-electron chi connectivity index (χ0n) is 8.99. The van der Waals surface area contributed by atoms with Gasteiger partial charge in [-0.2, -0.15) is 0 Å². The summed E-state index contributed by atoms with van der Waals surface area (Å²) >= 11 is 3.09. The normalized spacial score (nSPS) is 10.2. The van der Waals surface area contributed by atoms with Crippen molar-refractivity contribution in [2.75, 3.05) is 5.73 Å². The summed E-state index contributed by atoms with van der Waals surface area (Å²) in [7, 11) is 0. The van der Waals surface area contributed by atoms with E-state index in [-0.39, 0.29) is 5.82 Å². The Hall–Kier alpha value is -1.55. The molecule has 0 aromatic heterocycles. The highest BCUT2D eigenvalue weighted by Crippen LogP contribution is 2.21. The average molecular weight is 296 g/mol. The third-order valence-electron chi connectivity index (χ3n) is 2.25. The fourth-order valence-corrected chi connectivity index (χ4v) is 1.66. The van der Waals surface area contributed by atoms with E-state index < -0.39 is 0 Å². The lowest BCUT2D eigenvalue weighted by Crippen LogP contribution is -1.97. The lowest BCUT2D eigenvalue weighted by Gasteiger charge is -2.07.